The zero-order valence-corrected chi connectivity index (χ0v) is 10.3. The fraction of sp³-hybridized carbons (Fsp3) is 0.615. The molecule has 0 aliphatic heterocycles. The van der Waals surface area contributed by atoms with Crippen LogP contribution in [0.3, 0.4) is 0 Å². The quantitative estimate of drug-likeness (QED) is 0.801. The van der Waals surface area contributed by atoms with Crippen LogP contribution in [0.15, 0.2) is 18.3 Å². The molecule has 0 aliphatic rings. The van der Waals surface area contributed by atoms with Gasteiger partial charge in [-0.1, -0.05) is 19.4 Å². The van der Waals surface area contributed by atoms with Crippen LogP contribution in [0.1, 0.15) is 44.9 Å². The zero-order chi connectivity index (χ0) is 11.3. The molecule has 1 N–H and O–H groups in total. The lowest BCUT2D eigenvalue weighted by atomic mass is 9.99. The summed E-state index contributed by atoms with van der Waals surface area (Å²) >= 11 is 0. The first kappa shape index (κ1) is 12.2. The monoisotopic (exact) mass is 206 g/mol. The predicted molar refractivity (Wildman–Crippen MR) is 64.8 cm³/mol. The van der Waals surface area contributed by atoms with E-state index in [2.05, 4.69) is 43.2 Å². The Morgan fingerprint density at radius 3 is 2.60 bits per heavy atom. The van der Waals surface area contributed by atoms with E-state index >= 15 is 0 Å². The van der Waals surface area contributed by atoms with Gasteiger partial charge in [-0.3, -0.25) is 4.98 Å². The number of rotatable bonds is 5. The summed E-state index contributed by atoms with van der Waals surface area (Å²) in [5.74, 6) is 0. The molecule has 1 heterocycles. The molecule has 1 aromatic rings. The van der Waals surface area contributed by atoms with E-state index in [4.69, 9.17) is 0 Å². The van der Waals surface area contributed by atoms with Crippen molar-refractivity contribution in [2.75, 3.05) is 0 Å². The van der Waals surface area contributed by atoms with Crippen LogP contribution in [0.5, 0.6) is 0 Å². The molecule has 0 amide bonds. The number of aromatic nitrogens is 1. The van der Waals surface area contributed by atoms with Crippen molar-refractivity contribution in [2.45, 2.75) is 52.6 Å². The lowest BCUT2D eigenvalue weighted by molar-refractivity contribution is 0.356. The number of nitrogens with one attached hydrogen (secondary N) is 1. The number of hydrogen-bond acceptors (Lipinski definition) is 2. The second-order valence-electron chi connectivity index (χ2n) is 4.80. The normalized spacial score (nSPS) is 11.7. The highest BCUT2D eigenvalue weighted by Gasteiger charge is 2.14. The van der Waals surface area contributed by atoms with Crippen LogP contribution in [0, 0.1) is 6.92 Å². The van der Waals surface area contributed by atoms with E-state index < -0.39 is 0 Å². The van der Waals surface area contributed by atoms with Gasteiger partial charge in [-0.25, -0.2) is 0 Å². The summed E-state index contributed by atoms with van der Waals surface area (Å²) in [4.78, 5) is 4.29. The van der Waals surface area contributed by atoms with Gasteiger partial charge in [0, 0.05) is 24.0 Å². The maximum atomic E-state index is 4.29. The molecule has 84 valence electrons. The minimum atomic E-state index is 0.222. The van der Waals surface area contributed by atoms with Gasteiger partial charge in [0.2, 0.25) is 0 Å². The number of nitrogens with zero attached hydrogens (tertiary/aromatic N) is 1. The molecular weight excluding hydrogens is 184 g/mol. The van der Waals surface area contributed by atoms with Crippen LogP contribution in [0.4, 0.5) is 0 Å². The van der Waals surface area contributed by atoms with Gasteiger partial charge in [-0.2, -0.15) is 0 Å². The van der Waals surface area contributed by atoms with Gasteiger partial charge in [0.25, 0.3) is 0 Å². The molecule has 15 heavy (non-hydrogen) atoms. The van der Waals surface area contributed by atoms with E-state index in [-0.39, 0.29) is 5.54 Å². The Balaban J connectivity index is 2.46. The topological polar surface area (TPSA) is 24.9 Å². The van der Waals surface area contributed by atoms with E-state index in [0.29, 0.717) is 0 Å². The fourth-order valence-corrected chi connectivity index (χ4v) is 1.66. The van der Waals surface area contributed by atoms with Crippen molar-refractivity contribution in [1.82, 2.24) is 10.3 Å². The molecule has 0 fully saturated rings. The molecule has 2 nitrogen and oxygen atoms in total. The summed E-state index contributed by atoms with van der Waals surface area (Å²) in [5.41, 5.74) is 2.55. The number of hydrogen-bond donors (Lipinski definition) is 1. The highest BCUT2D eigenvalue weighted by molar-refractivity contribution is 5.13. The third kappa shape index (κ3) is 4.43. The van der Waals surface area contributed by atoms with Crippen molar-refractivity contribution in [3.63, 3.8) is 0 Å². The predicted octanol–water partition coefficient (Wildman–Crippen LogP) is 3.06. The molecule has 1 aromatic heterocycles. The molecule has 0 bridgehead atoms. The minimum Gasteiger partial charge on any atom is -0.308 e. The Bertz CT molecular complexity index is 288. The molecule has 0 atom stereocenters. The standard InChI is InChI=1S/C13H22N2/c1-5-8-13(3,4)15-10-12-7-6-11(2)14-9-12/h6-7,9,15H,5,8,10H2,1-4H3. The molecule has 2 heteroatoms. The molecule has 0 spiro atoms. The largest absolute Gasteiger partial charge is 0.308 e. The molecule has 0 aliphatic carbocycles. The molecule has 0 saturated carbocycles. The average Bonchev–Trinajstić information content (AvgIpc) is 2.17. The van der Waals surface area contributed by atoms with Crippen LogP contribution in [-0.2, 0) is 6.54 Å². The van der Waals surface area contributed by atoms with Crippen LogP contribution < -0.4 is 5.32 Å². The Kier molecular flexibility index (Phi) is 4.28. The van der Waals surface area contributed by atoms with Crippen LogP contribution in [0.2, 0.25) is 0 Å². The SMILES string of the molecule is CCCC(C)(C)NCc1ccc(C)nc1. The zero-order valence-electron chi connectivity index (χ0n) is 10.3. The second kappa shape index (κ2) is 5.26. The second-order valence-corrected chi connectivity index (χ2v) is 4.80. The summed E-state index contributed by atoms with van der Waals surface area (Å²) in [7, 11) is 0. The highest BCUT2D eigenvalue weighted by atomic mass is 14.9. The van der Waals surface area contributed by atoms with E-state index in [0.717, 1.165) is 12.2 Å². The summed E-state index contributed by atoms with van der Waals surface area (Å²) in [6, 6.07) is 4.20. The lowest BCUT2D eigenvalue weighted by Crippen LogP contribution is -2.38. The van der Waals surface area contributed by atoms with Crippen molar-refractivity contribution in [3.8, 4) is 0 Å². The van der Waals surface area contributed by atoms with Crippen molar-refractivity contribution in [3.05, 3.63) is 29.6 Å². The molecule has 0 saturated heterocycles. The van der Waals surface area contributed by atoms with E-state index in [1.54, 1.807) is 0 Å². The van der Waals surface area contributed by atoms with Gasteiger partial charge in [0.05, 0.1) is 0 Å². The smallest absolute Gasteiger partial charge is 0.0372 e. The molecule has 1 rings (SSSR count). The van der Waals surface area contributed by atoms with Crippen molar-refractivity contribution >= 4 is 0 Å². The first-order valence-electron chi connectivity index (χ1n) is 5.70. The summed E-state index contributed by atoms with van der Waals surface area (Å²) in [6.07, 6.45) is 4.36. The maximum Gasteiger partial charge on any atom is 0.0372 e. The van der Waals surface area contributed by atoms with E-state index in [9.17, 15) is 0 Å². The fourth-order valence-electron chi connectivity index (χ4n) is 1.66. The Labute approximate surface area is 93.1 Å². The third-order valence-corrected chi connectivity index (χ3v) is 2.62. The summed E-state index contributed by atoms with van der Waals surface area (Å²) < 4.78 is 0. The van der Waals surface area contributed by atoms with Gasteiger partial charge < -0.3 is 5.32 Å². The molecule has 0 aromatic carbocycles. The number of pyridine rings is 1. The van der Waals surface area contributed by atoms with Gasteiger partial charge in [0.15, 0.2) is 0 Å². The van der Waals surface area contributed by atoms with Gasteiger partial charge in [0.1, 0.15) is 0 Å². The Morgan fingerprint density at radius 2 is 2.07 bits per heavy atom. The Morgan fingerprint density at radius 1 is 1.33 bits per heavy atom. The third-order valence-electron chi connectivity index (χ3n) is 2.62. The first-order valence-corrected chi connectivity index (χ1v) is 5.70. The average molecular weight is 206 g/mol. The van der Waals surface area contributed by atoms with E-state index in [1.165, 1.54) is 18.4 Å². The first-order chi connectivity index (χ1) is 7.03. The van der Waals surface area contributed by atoms with Crippen molar-refractivity contribution in [2.24, 2.45) is 0 Å². The van der Waals surface area contributed by atoms with Crippen molar-refractivity contribution < 1.29 is 0 Å². The molecule has 0 radical (unpaired) electrons. The van der Waals surface area contributed by atoms with Gasteiger partial charge in [-0.15, -0.1) is 0 Å². The van der Waals surface area contributed by atoms with Crippen LogP contribution in [-0.4, -0.2) is 10.5 Å². The Hall–Kier alpha value is -0.890. The lowest BCUT2D eigenvalue weighted by Gasteiger charge is -2.25. The highest BCUT2D eigenvalue weighted by Crippen LogP contribution is 2.11. The van der Waals surface area contributed by atoms with E-state index in [1.807, 2.05) is 13.1 Å². The van der Waals surface area contributed by atoms with Crippen LogP contribution in [0.25, 0.3) is 0 Å². The molecule has 0 unspecified atom stereocenters. The minimum absolute atomic E-state index is 0.222. The van der Waals surface area contributed by atoms with Gasteiger partial charge in [-0.05, 0) is 38.8 Å². The summed E-state index contributed by atoms with van der Waals surface area (Å²) in [6.45, 7) is 9.63. The molecular formula is C13H22N2. The number of aryl methyl sites for hydroxylation is 1. The summed E-state index contributed by atoms with van der Waals surface area (Å²) in [5, 5.41) is 3.56. The maximum absolute atomic E-state index is 4.29. The van der Waals surface area contributed by atoms with Gasteiger partial charge >= 0.3 is 0 Å². The van der Waals surface area contributed by atoms with Crippen LogP contribution >= 0.6 is 0 Å². The van der Waals surface area contributed by atoms with Crippen molar-refractivity contribution in [1.29, 1.82) is 0 Å².